The fourth-order valence-electron chi connectivity index (χ4n) is 3.55. The molecule has 2 fully saturated rings. The number of carbonyl (C=O) groups is 2. The lowest BCUT2D eigenvalue weighted by atomic mass is 9.66. The molecule has 118 valence electrons. The summed E-state index contributed by atoms with van der Waals surface area (Å²) in [6, 6.07) is 4.86. The van der Waals surface area contributed by atoms with E-state index >= 15 is 0 Å². The van der Waals surface area contributed by atoms with Gasteiger partial charge in [0.25, 0.3) is 5.91 Å². The van der Waals surface area contributed by atoms with E-state index in [4.69, 9.17) is 27.9 Å². The summed E-state index contributed by atoms with van der Waals surface area (Å²) >= 11 is 11.8. The lowest BCUT2D eigenvalue weighted by Crippen LogP contribution is -2.50. The Morgan fingerprint density at radius 3 is 2.36 bits per heavy atom. The molecule has 6 heteroatoms. The predicted octanol–water partition coefficient (Wildman–Crippen LogP) is 4.05. The van der Waals surface area contributed by atoms with E-state index in [0.29, 0.717) is 28.6 Å². The third-order valence-electron chi connectivity index (χ3n) is 5.63. The minimum Gasteiger partial charge on any atom is -0.448 e. The van der Waals surface area contributed by atoms with Gasteiger partial charge in [-0.05, 0) is 38.0 Å². The zero-order valence-corrected chi connectivity index (χ0v) is 14.1. The first-order valence-electron chi connectivity index (χ1n) is 7.14. The van der Waals surface area contributed by atoms with Crippen molar-refractivity contribution in [3.8, 4) is 0 Å². The largest absolute Gasteiger partial charge is 0.448 e. The predicted molar refractivity (Wildman–Crippen MR) is 85.0 cm³/mol. The van der Waals surface area contributed by atoms with Gasteiger partial charge < -0.3 is 10.1 Å². The van der Waals surface area contributed by atoms with Gasteiger partial charge in [-0.15, -0.1) is 0 Å². The standard InChI is InChI=1S/C16H17Cl2NO3/c1-14(2)15(3)6-7-16(14,22-13(15)21)12(20)19-9-4-5-10(17)11(18)8-9/h4-5,8H,6-7H2,1-3H3,(H,19,20). The lowest BCUT2D eigenvalue weighted by molar-refractivity contribution is -0.165. The smallest absolute Gasteiger partial charge is 0.313 e. The second-order valence-electron chi connectivity index (χ2n) is 6.76. The third-order valence-corrected chi connectivity index (χ3v) is 6.37. The maximum Gasteiger partial charge on any atom is 0.313 e. The summed E-state index contributed by atoms with van der Waals surface area (Å²) in [5.74, 6) is -0.612. The molecule has 3 rings (SSSR count). The van der Waals surface area contributed by atoms with Gasteiger partial charge in [-0.2, -0.15) is 0 Å². The summed E-state index contributed by atoms with van der Waals surface area (Å²) in [4.78, 5) is 25.0. The van der Waals surface area contributed by atoms with Crippen LogP contribution in [0.3, 0.4) is 0 Å². The number of rotatable bonds is 2. The summed E-state index contributed by atoms with van der Waals surface area (Å²) in [5, 5.41) is 3.58. The van der Waals surface area contributed by atoms with Gasteiger partial charge in [0.2, 0.25) is 0 Å². The van der Waals surface area contributed by atoms with Gasteiger partial charge in [0.1, 0.15) is 0 Å². The van der Waals surface area contributed by atoms with Crippen molar-refractivity contribution >= 4 is 40.8 Å². The first-order chi connectivity index (χ1) is 10.1. The van der Waals surface area contributed by atoms with Crippen LogP contribution in [0.15, 0.2) is 18.2 Å². The molecule has 1 aliphatic carbocycles. The second-order valence-corrected chi connectivity index (χ2v) is 7.57. The third kappa shape index (κ3) is 1.77. The van der Waals surface area contributed by atoms with Gasteiger partial charge in [-0.1, -0.05) is 37.0 Å². The Morgan fingerprint density at radius 1 is 1.18 bits per heavy atom. The second kappa shape index (κ2) is 4.62. The van der Waals surface area contributed by atoms with E-state index < -0.39 is 16.4 Å². The van der Waals surface area contributed by atoms with Crippen molar-refractivity contribution in [3.05, 3.63) is 28.2 Å². The normalized spacial score (nSPS) is 32.0. The number of halogens is 2. The summed E-state index contributed by atoms with van der Waals surface area (Å²) in [7, 11) is 0. The maximum atomic E-state index is 12.8. The number of esters is 1. The van der Waals surface area contributed by atoms with Crippen LogP contribution < -0.4 is 5.32 Å². The van der Waals surface area contributed by atoms with Crippen LogP contribution >= 0.6 is 23.2 Å². The highest BCUT2D eigenvalue weighted by Gasteiger charge is 2.75. The fourth-order valence-corrected chi connectivity index (χ4v) is 3.85. The molecule has 1 N–H and O–H groups in total. The molecule has 1 aliphatic heterocycles. The molecule has 0 radical (unpaired) electrons. The van der Waals surface area contributed by atoms with Gasteiger partial charge in [0, 0.05) is 11.1 Å². The Hall–Kier alpha value is -1.26. The van der Waals surface area contributed by atoms with Crippen molar-refractivity contribution in [2.75, 3.05) is 5.32 Å². The minimum atomic E-state index is -1.13. The topological polar surface area (TPSA) is 55.4 Å². The van der Waals surface area contributed by atoms with Crippen molar-refractivity contribution in [3.63, 3.8) is 0 Å². The molecular weight excluding hydrogens is 325 g/mol. The average Bonchev–Trinajstić information content (AvgIpc) is 2.73. The number of hydrogen-bond acceptors (Lipinski definition) is 3. The van der Waals surface area contributed by atoms with Gasteiger partial charge in [0.15, 0.2) is 5.60 Å². The molecule has 1 aromatic carbocycles. The maximum absolute atomic E-state index is 12.8. The zero-order chi connectivity index (χ0) is 16.3. The molecule has 0 spiro atoms. The van der Waals surface area contributed by atoms with E-state index in [1.165, 1.54) is 0 Å². The van der Waals surface area contributed by atoms with Crippen LogP contribution in [0.4, 0.5) is 5.69 Å². The molecule has 1 saturated carbocycles. The van der Waals surface area contributed by atoms with Crippen molar-refractivity contribution < 1.29 is 14.3 Å². The summed E-state index contributed by atoms with van der Waals surface area (Å²) in [5.41, 5.74) is -1.80. The number of amides is 1. The molecule has 1 amide bonds. The quantitative estimate of drug-likeness (QED) is 0.825. The Balaban J connectivity index is 1.92. The number of anilines is 1. The molecule has 2 unspecified atom stereocenters. The summed E-state index contributed by atoms with van der Waals surface area (Å²) < 4.78 is 5.54. The van der Waals surface area contributed by atoms with Crippen LogP contribution in [-0.4, -0.2) is 17.5 Å². The molecule has 2 aliphatic rings. The van der Waals surface area contributed by atoms with E-state index in [-0.39, 0.29) is 11.9 Å². The number of hydrogen-bond donors (Lipinski definition) is 1. The molecule has 0 aromatic heterocycles. The molecule has 2 bridgehead atoms. The van der Waals surface area contributed by atoms with E-state index in [1.54, 1.807) is 18.2 Å². The monoisotopic (exact) mass is 341 g/mol. The van der Waals surface area contributed by atoms with Crippen LogP contribution in [0.5, 0.6) is 0 Å². The van der Waals surface area contributed by atoms with Crippen molar-refractivity contribution in [2.45, 2.75) is 39.2 Å². The van der Waals surface area contributed by atoms with E-state index in [0.717, 1.165) is 0 Å². The highest BCUT2D eigenvalue weighted by Crippen LogP contribution is 2.65. The Bertz CT molecular complexity index is 688. The Kier molecular flexibility index (Phi) is 3.28. The first kappa shape index (κ1) is 15.6. The van der Waals surface area contributed by atoms with Gasteiger partial charge >= 0.3 is 5.97 Å². The van der Waals surface area contributed by atoms with Crippen molar-refractivity contribution in [1.29, 1.82) is 0 Å². The van der Waals surface area contributed by atoms with Crippen LogP contribution in [-0.2, 0) is 14.3 Å². The Morgan fingerprint density at radius 2 is 1.86 bits per heavy atom. The molecule has 1 saturated heterocycles. The molecule has 1 aromatic rings. The number of benzene rings is 1. The molecule has 2 atom stereocenters. The van der Waals surface area contributed by atoms with Crippen LogP contribution in [0.1, 0.15) is 33.6 Å². The van der Waals surface area contributed by atoms with Crippen LogP contribution in [0, 0.1) is 10.8 Å². The minimum absolute atomic E-state index is 0.298. The Labute approximate surface area is 139 Å². The SMILES string of the molecule is CC12CCC(C(=O)Nc3ccc(Cl)c(Cl)c3)(OC1=O)C2(C)C. The van der Waals surface area contributed by atoms with E-state index in [2.05, 4.69) is 5.32 Å². The highest BCUT2D eigenvalue weighted by molar-refractivity contribution is 6.42. The summed E-state index contributed by atoms with van der Waals surface area (Å²) in [6.07, 6.45) is 1.17. The van der Waals surface area contributed by atoms with Gasteiger partial charge in [-0.3, -0.25) is 9.59 Å². The number of carbonyl (C=O) groups excluding carboxylic acids is 2. The zero-order valence-electron chi connectivity index (χ0n) is 12.6. The molecule has 1 heterocycles. The highest BCUT2D eigenvalue weighted by atomic mass is 35.5. The number of ether oxygens (including phenoxy) is 1. The lowest BCUT2D eigenvalue weighted by Gasteiger charge is -2.35. The van der Waals surface area contributed by atoms with E-state index in [1.807, 2.05) is 20.8 Å². The van der Waals surface area contributed by atoms with Crippen molar-refractivity contribution in [1.82, 2.24) is 0 Å². The molecule has 4 nitrogen and oxygen atoms in total. The average molecular weight is 342 g/mol. The molecule has 22 heavy (non-hydrogen) atoms. The van der Waals surface area contributed by atoms with Gasteiger partial charge in [-0.25, -0.2) is 0 Å². The van der Waals surface area contributed by atoms with Crippen LogP contribution in [0.2, 0.25) is 10.0 Å². The molecular formula is C16H17Cl2NO3. The van der Waals surface area contributed by atoms with Crippen molar-refractivity contribution in [2.24, 2.45) is 10.8 Å². The fraction of sp³-hybridized carbons (Fsp3) is 0.500. The number of nitrogens with one attached hydrogen (secondary N) is 1. The van der Waals surface area contributed by atoms with Crippen LogP contribution in [0.25, 0.3) is 0 Å². The van der Waals surface area contributed by atoms with Gasteiger partial charge in [0.05, 0.1) is 15.5 Å². The number of fused-ring (bicyclic) bond motifs is 2. The summed E-state index contributed by atoms with van der Waals surface area (Å²) in [6.45, 7) is 5.70. The van der Waals surface area contributed by atoms with E-state index in [9.17, 15) is 9.59 Å². The first-order valence-corrected chi connectivity index (χ1v) is 7.90.